The van der Waals surface area contributed by atoms with E-state index in [9.17, 15) is 9.90 Å². The van der Waals surface area contributed by atoms with E-state index in [4.69, 9.17) is 5.26 Å². The van der Waals surface area contributed by atoms with Gasteiger partial charge in [-0.1, -0.05) is 0 Å². The SMILES string of the molecule is N#CC[C@@]1(O)C(=O)[C@H]2CC[C@@H]1C2. The lowest BCUT2D eigenvalue weighted by atomic mass is 9.81. The number of Topliss-reactive ketones (excluding diaryl/α,β-unsaturated/α-hetero) is 1. The monoisotopic (exact) mass is 165 g/mol. The summed E-state index contributed by atoms with van der Waals surface area (Å²) in [6, 6.07) is 1.89. The Labute approximate surface area is 71.0 Å². The molecule has 0 aromatic heterocycles. The quantitative estimate of drug-likeness (QED) is 0.620. The number of carbonyl (C=O) groups excluding carboxylic acids is 1. The maximum absolute atomic E-state index is 11.5. The van der Waals surface area contributed by atoms with Crippen LogP contribution in [0.2, 0.25) is 0 Å². The van der Waals surface area contributed by atoms with E-state index >= 15 is 0 Å². The molecule has 12 heavy (non-hydrogen) atoms. The predicted octanol–water partition coefficient (Wildman–Crippen LogP) is 0.630. The van der Waals surface area contributed by atoms with Gasteiger partial charge >= 0.3 is 0 Å². The minimum atomic E-state index is -1.28. The van der Waals surface area contributed by atoms with Crippen molar-refractivity contribution in [2.75, 3.05) is 0 Å². The van der Waals surface area contributed by atoms with Crippen molar-refractivity contribution in [1.29, 1.82) is 5.26 Å². The number of hydrogen-bond donors (Lipinski definition) is 1. The summed E-state index contributed by atoms with van der Waals surface area (Å²) < 4.78 is 0. The summed E-state index contributed by atoms with van der Waals surface area (Å²) in [5, 5.41) is 18.4. The van der Waals surface area contributed by atoms with Gasteiger partial charge in [0.05, 0.1) is 12.5 Å². The normalized spacial score (nSPS) is 44.8. The second-order valence-corrected chi connectivity index (χ2v) is 3.83. The largest absolute Gasteiger partial charge is 0.381 e. The van der Waals surface area contributed by atoms with E-state index in [1.807, 2.05) is 6.07 Å². The number of fused-ring (bicyclic) bond motifs is 2. The second-order valence-electron chi connectivity index (χ2n) is 3.83. The van der Waals surface area contributed by atoms with Crippen LogP contribution in [0.5, 0.6) is 0 Å². The third kappa shape index (κ3) is 0.760. The van der Waals surface area contributed by atoms with E-state index < -0.39 is 5.60 Å². The molecule has 3 heteroatoms. The molecular formula is C9H11NO2. The molecule has 2 aliphatic rings. The molecule has 0 aromatic carbocycles. The zero-order valence-electron chi connectivity index (χ0n) is 6.79. The first kappa shape index (κ1) is 7.75. The fraction of sp³-hybridized carbons (Fsp3) is 0.778. The highest BCUT2D eigenvalue weighted by Crippen LogP contribution is 2.49. The second kappa shape index (κ2) is 2.30. The van der Waals surface area contributed by atoms with Crippen LogP contribution < -0.4 is 0 Å². The Morgan fingerprint density at radius 3 is 2.92 bits per heavy atom. The van der Waals surface area contributed by atoms with Gasteiger partial charge in [0.1, 0.15) is 5.60 Å². The van der Waals surface area contributed by atoms with Gasteiger partial charge in [0, 0.05) is 5.92 Å². The number of rotatable bonds is 1. The predicted molar refractivity (Wildman–Crippen MR) is 41.0 cm³/mol. The number of aliphatic hydroxyl groups is 1. The number of nitrogens with zero attached hydrogens (tertiary/aromatic N) is 1. The minimum absolute atomic E-state index is 0.0208. The van der Waals surface area contributed by atoms with Crippen LogP contribution in [0.15, 0.2) is 0 Å². The minimum Gasteiger partial charge on any atom is -0.381 e. The summed E-state index contributed by atoms with van der Waals surface area (Å²) in [6.07, 6.45) is 2.61. The van der Waals surface area contributed by atoms with E-state index in [0.717, 1.165) is 19.3 Å². The van der Waals surface area contributed by atoms with E-state index in [2.05, 4.69) is 0 Å². The van der Waals surface area contributed by atoms with Crippen molar-refractivity contribution in [1.82, 2.24) is 0 Å². The fourth-order valence-electron chi connectivity index (χ4n) is 2.56. The maximum Gasteiger partial charge on any atom is 0.168 e. The molecule has 0 aromatic rings. The molecule has 0 aliphatic heterocycles. The van der Waals surface area contributed by atoms with Crippen molar-refractivity contribution >= 4 is 5.78 Å². The molecule has 2 rings (SSSR count). The third-order valence-electron chi connectivity index (χ3n) is 3.25. The average Bonchev–Trinajstić information content (AvgIpc) is 2.57. The molecule has 0 saturated heterocycles. The maximum atomic E-state index is 11.5. The Morgan fingerprint density at radius 2 is 2.42 bits per heavy atom. The zero-order chi connectivity index (χ0) is 8.77. The molecule has 0 radical (unpaired) electrons. The molecule has 64 valence electrons. The van der Waals surface area contributed by atoms with Crippen LogP contribution in [-0.4, -0.2) is 16.5 Å². The summed E-state index contributed by atoms with van der Waals surface area (Å²) in [5.41, 5.74) is -1.28. The lowest BCUT2D eigenvalue weighted by molar-refractivity contribution is -0.141. The Bertz CT molecular complexity index is 268. The highest BCUT2D eigenvalue weighted by Gasteiger charge is 2.56. The Kier molecular flexibility index (Phi) is 1.49. The van der Waals surface area contributed by atoms with Crippen molar-refractivity contribution in [3.05, 3.63) is 0 Å². The standard InChI is InChI=1S/C9H11NO2/c10-4-3-9(12)7-2-1-6(5-7)8(9)11/h6-7,12H,1-3,5H2/t6-,7+,9-/m0/s1. The van der Waals surface area contributed by atoms with Gasteiger partial charge < -0.3 is 5.11 Å². The molecule has 2 saturated carbocycles. The molecule has 0 amide bonds. The third-order valence-corrected chi connectivity index (χ3v) is 3.25. The summed E-state index contributed by atoms with van der Waals surface area (Å²) in [6.45, 7) is 0. The van der Waals surface area contributed by atoms with E-state index in [-0.39, 0.29) is 24.0 Å². The Balaban J connectivity index is 2.27. The smallest absolute Gasteiger partial charge is 0.168 e. The molecule has 1 N–H and O–H groups in total. The molecule has 2 aliphatic carbocycles. The molecular weight excluding hydrogens is 154 g/mol. The van der Waals surface area contributed by atoms with Crippen molar-refractivity contribution in [2.45, 2.75) is 31.3 Å². The van der Waals surface area contributed by atoms with Crippen molar-refractivity contribution < 1.29 is 9.90 Å². The van der Waals surface area contributed by atoms with Crippen LogP contribution in [0.25, 0.3) is 0 Å². The fourth-order valence-corrected chi connectivity index (χ4v) is 2.56. The zero-order valence-corrected chi connectivity index (χ0v) is 6.79. The van der Waals surface area contributed by atoms with Crippen molar-refractivity contribution in [3.8, 4) is 6.07 Å². The number of carbonyl (C=O) groups is 1. The summed E-state index contributed by atoms with van der Waals surface area (Å²) in [5.74, 6) is 0.0308. The highest BCUT2D eigenvalue weighted by atomic mass is 16.3. The van der Waals surface area contributed by atoms with Crippen LogP contribution >= 0.6 is 0 Å². The number of ketones is 1. The van der Waals surface area contributed by atoms with Crippen LogP contribution in [0, 0.1) is 23.2 Å². The van der Waals surface area contributed by atoms with Gasteiger partial charge in [-0.15, -0.1) is 0 Å². The van der Waals surface area contributed by atoms with Gasteiger partial charge in [-0.3, -0.25) is 4.79 Å². The average molecular weight is 165 g/mol. The molecule has 2 fully saturated rings. The first-order chi connectivity index (χ1) is 5.68. The number of nitriles is 1. The van der Waals surface area contributed by atoms with Crippen molar-refractivity contribution in [3.63, 3.8) is 0 Å². The first-order valence-electron chi connectivity index (χ1n) is 4.32. The summed E-state index contributed by atoms with van der Waals surface area (Å²) in [4.78, 5) is 11.5. The van der Waals surface area contributed by atoms with Gasteiger partial charge in [0.2, 0.25) is 0 Å². The lowest BCUT2D eigenvalue weighted by Gasteiger charge is -2.28. The summed E-state index contributed by atoms with van der Waals surface area (Å²) in [7, 11) is 0. The van der Waals surface area contributed by atoms with Gasteiger partial charge in [0.25, 0.3) is 0 Å². The van der Waals surface area contributed by atoms with E-state index in [1.54, 1.807) is 0 Å². The van der Waals surface area contributed by atoms with Crippen LogP contribution in [0.1, 0.15) is 25.7 Å². The van der Waals surface area contributed by atoms with Gasteiger partial charge in [-0.2, -0.15) is 5.26 Å². The van der Waals surface area contributed by atoms with Gasteiger partial charge in [-0.05, 0) is 25.2 Å². The Hall–Kier alpha value is -0.880. The molecule has 0 heterocycles. The van der Waals surface area contributed by atoms with Crippen molar-refractivity contribution in [2.24, 2.45) is 11.8 Å². The molecule has 0 unspecified atom stereocenters. The topological polar surface area (TPSA) is 61.1 Å². The van der Waals surface area contributed by atoms with E-state index in [1.165, 1.54) is 0 Å². The van der Waals surface area contributed by atoms with Gasteiger partial charge in [-0.25, -0.2) is 0 Å². The first-order valence-corrected chi connectivity index (χ1v) is 4.32. The van der Waals surface area contributed by atoms with E-state index in [0.29, 0.717) is 0 Å². The van der Waals surface area contributed by atoms with Crippen LogP contribution in [0.3, 0.4) is 0 Å². The van der Waals surface area contributed by atoms with Gasteiger partial charge in [0.15, 0.2) is 5.78 Å². The highest BCUT2D eigenvalue weighted by molar-refractivity contribution is 5.93. The van der Waals surface area contributed by atoms with Crippen LogP contribution in [-0.2, 0) is 4.79 Å². The molecule has 3 nitrogen and oxygen atoms in total. The molecule has 3 atom stereocenters. The number of hydrogen-bond acceptors (Lipinski definition) is 3. The lowest BCUT2D eigenvalue weighted by Crippen LogP contribution is -2.43. The van der Waals surface area contributed by atoms with Crippen LogP contribution in [0.4, 0.5) is 0 Å². The molecule has 0 spiro atoms. The Morgan fingerprint density at radius 1 is 1.67 bits per heavy atom. The molecule has 2 bridgehead atoms. The summed E-state index contributed by atoms with van der Waals surface area (Å²) >= 11 is 0.